The number of pyridine rings is 1. The zero-order valence-corrected chi connectivity index (χ0v) is 20.2. The van der Waals surface area contributed by atoms with Crippen LogP contribution in [-0.2, 0) is 16.1 Å². The lowest BCUT2D eigenvalue weighted by atomic mass is 10.0. The normalized spacial score (nSPS) is 14.5. The van der Waals surface area contributed by atoms with E-state index in [0.29, 0.717) is 11.1 Å². The third-order valence-electron chi connectivity index (χ3n) is 5.53. The molecule has 12 nitrogen and oxygen atoms in total. The van der Waals surface area contributed by atoms with E-state index in [1.807, 2.05) is 0 Å². The van der Waals surface area contributed by atoms with E-state index in [4.69, 9.17) is 16.7 Å². The van der Waals surface area contributed by atoms with Gasteiger partial charge in [0, 0.05) is 37.4 Å². The van der Waals surface area contributed by atoms with Gasteiger partial charge in [0.15, 0.2) is 5.69 Å². The molecular formula is C22H28ClN7O5. The molecule has 2 aromatic heterocycles. The number of amides is 3. The Kier molecular flexibility index (Phi) is 8.77. The summed E-state index contributed by atoms with van der Waals surface area (Å²) in [5.41, 5.74) is -0.167. The molecule has 3 rings (SSSR count). The fourth-order valence-corrected chi connectivity index (χ4v) is 3.78. The molecule has 1 aliphatic heterocycles. The molecule has 0 unspecified atom stereocenters. The maximum Gasteiger partial charge on any atom is 0.322 e. The van der Waals surface area contributed by atoms with Gasteiger partial charge in [0.2, 0.25) is 5.91 Å². The van der Waals surface area contributed by atoms with Crippen LogP contribution in [0.15, 0.2) is 24.4 Å². The number of hydrogen-bond acceptors (Lipinski definition) is 7. The van der Waals surface area contributed by atoms with Gasteiger partial charge in [-0.25, -0.2) is 9.67 Å². The van der Waals surface area contributed by atoms with Crippen molar-refractivity contribution in [3.8, 4) is 0 Å². The van der Waals surface area contributed by atoms with Crippen LogP contribution < -0.4 is 16.0 Å². The summed E-state index contributed by atoms with van der Waals surface area (Å²) in [7, 11) is 0. The van der Waals surface area contributed by atoms with E-state index >= 15 is 0 Å². The standard InChI is InChI=1S/C22H28ClN7O5/c1-13(2)29-7-5-15(6-8-29)26-22(35)17-9-16(21(34)25-11-20(32)33)28-30(17)12-19(31)27-18-4-3-14(23)10-24-18/h3-4,9-10,13,15H,5-8,11-12H2,1-2H3,(H,25,34)(H,26,35)(H,32,33)(H,24,27,31). The van der Waals surface area contributed by atoms with Crippen LogP contribution in [0.3, 0.4) is 0 Å². The Morgan fingerprint density at radius 3 is 2.49 bits per heavy atom. The highest BCUT2D eigenvalue weighted by atomic mass is 35.5. The van der Waals surface area contributed by atoms with Crippen molar-refractivity contribution in [2.45, 2.75) is 45.3 Å². The number of hydrogen-bond donors (Lipinski definition) is 4. The van der Waals surface area contributed by atoms with Crippen LogP contribution in [0.2, 0.25) is 5.02 Å². The lowest BCUT2D eigenvalue weighted by molar-refractivity contribution is -0.135. The number of carboxylic acids is 1. The Labute approximate surface area is 207 Å². The van der Waals surface area contributed by atoms with Gasteiger partial charge < -0.3 is 26.0 Å². The molecule has 1 saturated heterocycles. The van der Waals surface area contributed by atoms with Crippen LogP contribution in [0.5, 0.6) is 0 Å². The summed E-state index contributed by atoms with van der Waals surface area (Å²) in [4.78, 5) is 55.0. The third kappa shape index (κ3) is 7.49. The second kappa shape index (κ2) is 11.8. The van der Waals surface area contributed by atoms with Gasteiger partial charge in [-0.15, -0.1) is 0 Å². The zero-order valence-electron chi connectivity index (χ0n) is 19.5. The molecule has 0 spiro atoms. The van der Waals surface area contributed by atoms with Crippen molar-refractivity contribution in [1.29, 1.82) is 0 Å². The minimum Gasteiger partial charge on any atom is -0.480 e. The zero-order chi connectivity index (χ0) is 25.5. The number of likely N-dealkylation sites (tertiary alicyclic amines) is 1. The molecule has 3 amide bonds. The average Bonchev–Trinajstić information content (AvgIpc) is 3.23. The molecule has 0 aliphatic carbocycles. The predicted molar refractivity (Wildman–Crippen MR) is 127 cm³/mol. The number of carbonyl (C=O) groups is 4. The van der Waals surface area contributed by atoms with Gasteiger partial charge in [0.25, 0.3) is 11.8 Å². The lowest BCUT2D eigenvalue weighted by Gasteiger charge is -2.34. The Morgan fingerprint density at radius 1 is 1.17 bits per heavy atom. The summed E-state index contributed by atoms with van der Waals surface area (Å²) >= 11 is 5.80. The largest absolute Gasteiger partial charge is 0.480 e. The second-order valence-electron chi connectivity index (χ2n) is 8.44. The summed E-state index contributed by atoms with van der Waals surface area (Å²) < 4.78 is 1.11. The molecule has 2 aromatic rings. The number of nitrogens with one attached hydrogen (secondary N) is 3. The van der Waals surface area contributed by atoms with Crippen LogP contribution in [0, 0.1) is 0 Å². The SMILES string of the molecule is CC(C)N1CCC(NC(=O)c2cc(C(=O)NCC(=O)O)nn2CC(=O)Nc2ccc(Cl)cn2)CC1. The first-order valence-electron chi connectivity index (χ1n) is 11.2. The maximum atomic E-state index is 13.1. The van der Waals surface area contributed by atoms with Gasteiger partial charge in [-0.1, -0.05) is 11.6 Å². The van der Waals surface area contributed by atoms with Crippen molar-refractivity contribution in [3.63, 3.8) is 0 Å². The van der Waals surface area contributed by atoms with E-state index in [0.717, 1.165) is 30.6 Å². The molecule has 0 aromatic carbocycles. The van der Waals surface area contributed by atoms with E-state index in [1.54, 1.807) is 6.07 Å². The molecule has 1 aliphatic rings. The number of aliphatic carboxylic acids is 1. The topological polar surface area (TPSA) is 159 Å². The Balaban J connectivity index is 1.73. The molecule has 188 valence electrons. The van der Waals surface area contributed by atoms with Crippen LogP contribution in [0.1, 0.15) is 47.7 Å². The summed E-state index contributed by atoms with van der Waals surface area (Å²) in [6.45, 7) is 4.97. The number of anilines is 1. The van der Waals surface area contributed by atoms with Crippen molar-refractivity contribution in [2.24, 2.45) is 0 Å². The van der Waals surface area contributed by atoms with Crippen LogP contribution in [-0.4, -0.2) is 80.2 Å². The Morgan fingerprint density at radius 2 is 1.89 bits per heavy atom. The van der Waals surface area contributed by atoms with Crippen LogP contribution in [0.4, 0.5) is 5.82 Å². The van der Waals surface area contributed by atoms with Gasteiger partial charge in [-0.05, 0) is 38.8 Å². The molecule has 0 radical (unpaired) electrons. The lowest BCUT2D eigenvalue weighted by Crippen LogP contribution is -2.47. The van der Waals surface area contributed by atoms with Gasteiger partial charge in [0.1, 0.15) is 24.6 Å². The van der Waals surface area contributed by atoms with E-state index in [2.05, 4.69) is 44.8 Å². The first-order valence-corrected chi connectivity index (χ1v) is 11.5. The minimum absolute atomic E-state index is 0.0102. The van der Waals surface area contributed by atoms with Crippen molar-refractivity contribution < 1.29 is 24.3 Å². The number of rotatable bonds is 9. The molecule has 3 heterocycles. The highest BCUT2D eigenvalue weighted by Gasteiger charge is 2.26. The predicted octanol–water partition coefficient (Wildman–Crippen LogP) is 0.987. The van der Waals surface area contributed by atoms with Crippen molar-refractivity contribution in [1.82, 2.24) is 30.3 Å². The average molecular weight is 506 g/mol. The monoisotopic (exact) mass is 505 g/mol. The fourth-order valence-electron chi connectivity index (χ4n) is 3.67. The molecule has 35 heavy (non-hydrogen) atoms. The Bertz CT molecular complexity index is 1080. The minimum atomic E-state index is -1.22. The summed E-state index contributed by atoms with van der Waals surface area (Å²) in [5, 5.41) is 21.0. The number of halogens is 1. The second-order valence-corrected chi connectivity index (χ2v) is 8.87. The van der Waals surface area contributed by atoms with Crippen LogP contribution >= 0.6 is 11.6 Å². The number of nitrogens with zero attached hydrogens (tertiary/aromatic N) is 4. The number of piperidine rings is 1. The van der Waals surface area contributed by atoms with E-state index in [9.17, 15) is 19.2 Å². The first kappa shape index (κ1) is 26.1. The van der Waals surface area contributed by atoms with Gasteiger partial charge in [-0.3, -0.25) is 19.2 Å². The highest BCUT2D eigenvalue weighted by Crippen LogP contribution is 2.15. The van der Waals surface area contributed by atoms with E-state index in [-0.39, 0.29) is 29.8 Å². The van der Waals surface area contributed by atoms with Crippen LogP contribution in [0.25, 0.3) is 0 Å². The van der Waals surface area contributed by atoms with E-state index < -0.39 is 30.2 Å². The highest BCUT2D eigenvalue weighted by molar-refractivity contribution is 6.30. The van der Waals surface area contributed by atoms with Gasteiger partial charge in [0.05, 0.1) is 5.02 Å². The molecular weight excluding hydrogens is 478 g/mol. The van der Waals surface area contributed by atoms with Crippen molar-refractivity contribution in [3.05, 3.63) is 40.8 Å². The summed E-state index contributed by atoms with van der Waals surface area (Å²) in [5.74, 6) is -2.74. The van der Waals surface area contributed by atoms with Gasteiger partial charge >= 0.3 is 5.97 Å². The molecule has 13 heteroatoms. The summed E-state index contributed by atoms with van der Waals surface area (Å²) in [6, 6.07) is 4.69. The fraction of sp³-hybridized carbons (Fsp3) is 0.455. The maximum absolute atomic E-state index is 13.1. The number of aromatic nitrogens is 3. The first-order chi connectivity index (χ1) is 16.6. The van der Waals surface area contributed by atoms with Gasteiger partial charge in [-0.2, -0.15) is 5.10 Å². The van der Waals surface area contributed by atoms with E-state index in [1.165, 1.54) is 18.3 Å². The molecule has 1 fully saturated rings. The number of carbonyl (C=O) groups excluding carboxylic acids is 3. The molecule has 0 saturated carbocycles. The molecule has 4 N–H and O–H groups in total. The van der Waals surface area contributed by atoms with Crippen molar-refractivity contribution >= 4 is 41.1 Å². The summed E-state index contributed by atoms with van der Waals surface area (Å²) in [6.07, 6.45) is 2.92. The number of carboxylic acid groups (broad SMARTS) is 1. The quantitative estimate of drug-likeness (QED) is 0.392. The van der Waals surface area contributed by atoms with Crippen molar-refractivity contribution in [2.75, 3.05) is 25.0 Å². The Hall–Kier alpha value is -3.51. The molecule has 0 atom stereocenters. The third-order valence-corrected chi connectivity index (χ3v) is 5.75. The molecule has 0 bridgehead atoms. The smallest absolute Gasteiger partial charge is 0.322 e.